The highest BCUT2D eigenvalue weighted by Gasteiger charge is 2.53. The molecule has 77 heavy (non-hydrogen) atoms. The number of hydrogen-bond donors (Lipinski definition) is 0. The second kappa shape index (κ2) is 25.2. The first-order valence-electron chi connectivity index (χ1n) is 24.6. The van der Waals surface area contributed by atoms with Gasteiger partial charge in [-0.05, 0) is 86.6 Å². The van der Waals surface area contributed by atoms with Crippen LogP contribution in [0.4, 0.5) is 0 Å². The molecular formula is C60H52O17. The Morgan fingerprint density at radius 2 is 0.545 bits per heavy atom. The van der Waals surface area contributed by atoms with Crippen LogP contribution in [0.2, 0.25) is 0 Å². The maximum absolute atomic E-state index is 13.9. The Morgan fingerprint density at radius 1 is 0.325 bits per heavy atom. The Kier molecular flexibility index (Phi) is 17.4. The average Bonchev–Trinajstić information content (AvgIpc) is 3.96. The summed E-state index contributed by atoms with van der Waals surface area (Å²) in [6.45, 7) is 2.61. The largest absolute Gasteiger partial charge is 0.472 e. The summed E-state index contributed by atoms with van der Waals surface area (Å²) in [5.74, 6) is -4.74. The molecule has 7 aromatic rings. The fraction of sp³-hybridized carbons (Fsp3) is 0.233. The number of esters is 6. The van der Waals surface area contributed by atoms with Crippen LogP contribution in [0.1, 0.15) is 87.1 Å². The number of benzene rings is 6. The molecule has 2 aliphatic heterocycles. The van der Waals surface area contributed by atoms with E-state index in [-0.39, 0.29) is 46.6 Å². The van der Waals surface area contributed by atoms with Gasteiger partial charge < -0.3 is 51.8 Å². The summed E-state index contributed by atoms with van der Waals surface area (Å²) < 4.78 is 67.7. The van der Waals surface area contributed by atoms with E-state index in [1.54, 1.807) is 172 Å². The first-order chi connectivity index (χ1) is 37.5. The van der Waals surface area contributed by atoms with Crippen LogP contribution in [0.15, 0.2) is 199 Å². The lowest BCUT2D eigenvalue weighted by atomic mass is 9.98. The predicted octanol–water partition coefficient (Wildman–Crippen LogP) is 9.16. The van der Waals surface area contributed by atoms with Crippen LogP contribution in [-0.2, 0) is 60.6 Å². The molecule has 0 N–H and O–H groups in total. The highest BCUT2D eigenvalue weighted by molar-refractivity contribution is 5.92. The van der Waals surface area contributed by atoms with Crippen molar-refractivity contribution in [3.05, 3.63) is 239 Å². The fourth-order valence-electron chi connectivity index (χ4n) is 8.60. The van der Waals surface area contributed by atoms with E-state index in [1.165, 1.54) is 36.8 Å². The molecule has 10 unspecified atom stereocenters. The van der Waals surface area contributed by atoms with Crippen molar-refractivity contribution in [2.75, 3.05) is 0 Å². The summed E-state index contributed by atoms with van der Waals surface area (Å²) in [4.78, 5) is 82.8. The van der Waals surface area contributed by atoms with Crippen molar-refractivity contribution in [1.82, 2.24) is 0 Å². The number of hydrogen-bond acceptors (Lipinski definition) is 17. The number of rotatable bonds is 18. The van der Waals surface area contributed by atoms with Gasteiger partial charge in [0.05, 0.1) is 71.3 Å². The first kappa shape index (κ1) is 53.1. The van der Waals surface area contributed by atoms with E-state index in [1.807, 2.05) is 0 Å². The number of carbonyl (C=O) groups is 6. The maximum atomic E-state index is 13.9. The molecule has 394 valence electrons. The molecule has 6 aromatic carbocycles. The van der Waals surface area contributed by atoms with E-state index in [9.17, 15) is 28.8 Å². The van der Waals surface area contributed by atoms with Crippen molar-refractivity contribution in [1.29, 1.82) is 0 Å². The van der Waals surface area contributed by atoms with Gasteiger partial charge in [0.2, 0.25) is 0 Å². The standard InChI is InChI=1S/C60H52O17/c1-37-47(72-53(61)39-21-9-3-10-22-39)49(74-55(63)41-25-13-5-14-26-41)51(76-57(65)43-29-17-7-18-30-43)59(70-37)68-35-45-33-67-34-46(45)36-69-60-52(77-58(66)44-31-19-8-20-32-44)50(75-56(64)42-27-15-6-16-28-42)48(38(2)71-60)73-54(62)40-23-11-4-12-24-40/h3-34,37-38,47-52,59-60H,35-36H2,1-2H3. The minimum absolute atomic E-state index is 0.162. The third kappa shape index (κ3) is 13.2. The summed E-state index contributed by atoms with van der Waals surface area (Å²) in [5.41, 5.74) is 1.88. The number of ether oxygens (including phenoxy) is 10. The summed E-state index contributed by atoms with van der Waals surface area (Å²) in [5, 5.41) is 0. The van der Waals surface area contributed by atoms with E-state index in [0.717, 1.165) is 0 Å². The molecule has 0 saturated carbocycles. The molecule has 17 heteroatoms. The van der Waals surface area contributed by atoms with Crippen LogP contribution in [0, 0.1) is 0 Å². The molecule has 0 spiro atoms. The smallest absolute Gasteiger partial charge is 0.338 e. The lowest BCUT2D eigenvalue weighted by molar-refractivity contribution is -0.295. The SMILES string of the molecule is CC1OC(OCc2cocc2COC2OC(C)C(OC(=O)c3ccccc3)C(OC(=O)c3ccccc3)C2OC(=O)c2ccccc2)C(OC(=O)c2ccccc2)C(OC(=O)c2ccccc2)C1OC(=O)c1ccccc1. The zero-order valence-corrected chi connectivity index (χ0v) is 41.6. The van der Waals surface area contributed by atoms with Gasteiger partial charge >= 0.3 is 35.8 Å². The van der Waals surface area contributed by atoms with Crippen LogP contribution in [-0.4, -0.2) is 97.2 Å². The normalized spacial score (nSPS) is 22.8. The van der Waals surface area contributed by atoms with Crippen LogP contribution in [0.25, 0.3) is 0 Å². The first-order valence-corrected chi connectivity index (χ1v) is 24.6. The van der Waals surface area contributed by atoms with Crippen LogP contribution in [0.3, 0.4) is 0 Å². The third-order valence-electron chi connectivity index (χ3n) is 12.6. The summed E-state index contributed by atoms with van der Waals surface area (Å²) in [6, 6.07) is 48.8. The maximum Gasteiger partial charge on any atom is 0.338 e. The Morgan fingerprint density at radius 3 is 0.792 bits per heavy atom. The Balaban J connectivity index is 0.987. The molecule has 3 heterocycles. The van der Waals surface area contributed by atoms with E-state index < -0.39 is 97.2 Å². The molecule has 9 rings (SSSR count). The zero-order valence-electron chi connectivity index (χ0n) is 41.6. The average molecular weight is 1050 g/mol. The van der Waals surface area contributed by atoms with Gasteiger partial charge in [0, 0.05) is 11.1 Å². The lowest BCUT2D eigenvalue weighted by Crippen LogP contribution is -2.61. The molecule has 2 saturated heterocycles. The zero-order chi connectivity index (χ0) is 53.7. The van der Waals surface area contributed by atoms with Gasteiger partial charge in [-0.1, -0.05) is 109 Å². The van der Waals surface area contributed by atoms with Gasteiger partial charge in [-0.15, -0.1) is 0 Å². The monoisotopic (exact) mass is 1040 g/mol. The minimum atomic E-state index is -1.54. The fourth-order valence-corrected chi connectivity index (χ4v) is 8.60. The van der Waals surface area contributed by atoms with Gasteiger partial charge in [-0.2, -0.15) is 0 Å². The topological polar surface area (TPSA) is 208 Å². The molecule has 17 nitrogen and oxygen atoms in total. The number of carbonyl (C=O) groups excluding carboxylic acids is 6. The highest BCUT2D eigenvalue weighted by Crippen LogP contribution is 2.34. The van der Waals surface area contributed by atoms with E-state index >= 15 is 0 Å². The quantitative estimate of drug-likeness (QED) is 0.0580. The minimum Gasteiger partial charge on any atom is -0.472 e. The van der Waals surface area contributed by atoms with E-state index in [0.29, 0.717) is 11.1 Å². The van der Waals surface area contributed by atoms with Gasteiger partial charge in [-0.25, -0.2) is 28.8 Å². The van der Waals surface area contributed by atoms with Crippen LogP contribution >= 0.6 is 0 Å². The second-order valence-electron chi connectivity index (χ2n) is 17.9. The van der Waals surface area contributed by atoms with Crippen molar-refractivity contribution < 1.29 is 80.6 Å². The molecule has 1 aromatic heterocycles. The van der Waals surface area contributed by atoms with Crippen LogP contribution in [0.5, 0.6) is 0 Å². The molecule has 10 atom stereocenters. The molecule has 0 bridgehead atoms. The Hall–Kier alpha value is -8.74. The molecule has 2 aliphatic rings. The third-order valence-corrected chi connectivity index (χ3v) is 12.6. The molecule has 0 amide bonds. The van der Waals surface area contributed by atoms with Gasteiger partial charge in [0.25, 0.3) is 0 Å². The molecule has 0 aliphatic carbocycles. The number of furan rings is 1. The Labute approximate surface area is 442 Å². The summed E-state index contributed by atoms with van der Waals surface area (Å²) >= 11 is 0. The second-order valence-corrected chi connectivity index (χ2v) is 17.9. The van der Waals surface area contributed by atoms with E-state index in [2.05, 4.69) is 0 Å². The van der Waals surface area contributed by atoms with Crippen molar-refractivity contribution in [3.8, 4) is 0 Å². The predicted molar refractivity (Wildman–Crippen MR) is 271 cm³/mol. The van der Waals surface area contributed by atoms with Crippen molar-refractivity contribution in [2.45, 2.75) is 88.5 Å². The summed E-state index contributed by atoms with van der Waals surface area (Å²) in [6.07, 6.45) is -10.9. The van der Waals surface area contributed by atoms with Crippen molar-refractivity contribution >= 4 is 35.8 Å². The van der Waals surface area contributed by atoms with E-state index in [4.69, 9.17) is 51.8 Å². The van der Waals surface area contributed by atoms with Crippen LogP contribution < -0.4 is 0 Å². The van der Waals surface area contributed by atoms with Crippen molar-refractivity contribution in [3.63, 3.8) is 0 Å². The molecule has 2 fully saturated rings. The van der Waals surface area contributed by atoms with Gasteiger partial charge in [-0.3, -0.25) is 0 Å². The summed E-state index contributed by atoms with van der Waals surface area (Å²) in [7, 11) is 0. The molecule has 0 radical (unpaired) electrons. The van der Waals surface area contributed by atoms with Gasteiger partial charge in [0.1, 0.15) is 0 Å². The molecular weight excluding hydrogens is 993 g/mol. The highest BCUT2D eigenvalue weighted by atomic mass is 16.7. The van der Waals surface area contributed by atoms with Gasteiger partial charge in [0.15, 0.2) is 49.2 Å². The van der Waals surface area contributed by atoms with Crippen molar-refractivity contribution in [2.24, 2.45) is 0 Å². The Bertz CT molecular complexity index is 2880. The lowest BCUT2D eigenvalue weighted by Gasteiger charge is -2.43.